The van der Waals surface area contributed by atoms with Crippen molar-refractivity contribution < 1.29 is 19.0 Å². The Morgan fingerprint density at radius 2 is 2.06 bits per heavy atom. The van der Waals surface area contributed by atoms with E-state index in [0.717, 1.165) is 0 Å². The summed E-state index contributed by atoms with van der Waals surface area (Å²) in [5.74, 6) is -0.882. The van der Waals surface area contributed by atoms with Gasteiger partial charge in [-0.2, -0.15) is 0 Å². The van der Waals surface area contributed by atoms with Crippen LogP contribution in [0.1, 0.15) is 18.4 Å². The van der Waals surface area contributed by atoms with Gasteiger partial charge in [-0.15, -0.1) is 0 Å². The number of ether oxygens (including phenoxy) is 2. The van der Waals surface area contributed by atoms with E-state index in [9.17, 15) is 9.50 Å². The van der Waals surface area contributed by atoms with Gasteiger partial charge in [0.1, 0.15) is 0 Å². The molecule has 16 heavy (non-hydrogen) atoms. The first-order valence-corrected chi connectivity index (χ1v) is 4.90. The molecule has 0 spiro atoms. The van der Waals surface area contributed by atoms with Crippen LogP contribution < -0.4 is 15.2 Å². The monoisotopic (exact) mass is 229 g/mol. The summed E-state index contributed by atoms with van der Waals surface area (Å²) < 4.78 is 23.9. The first-order chi connectivity index (χ1) is 7.56. The third-order valence-corrected chi connectivity index (χ3v) is 2.47. The Hall–Kier alpha value is -1.49. The number of rotatable bonds is 4. The van der Waals surface area contributed by atoms with Crippen LogP contribution in [0.3, 0.4) is 0 Å². The van der Waals surface area contributed by atoms with Crippen LogP contribution in [0.25, 0.3) is 0 Å². The molecule has 0 heterocycles. The molecule has 0 amide bonds. The summed E-state index contributed by atoms with van der Waals surface area (Å²) in [6.45, 7) is 2.00. The Bertz CT molecular complexity index is 382. The highest BCUT2D eigenvalue weighted by Gasteiger charge is 2.23. The molecule has 0 aliphatic carbocycles. The highest BCUT2D eigenvalue weighted by atomic mass is 19.1. The lowest BCUT2D eigenvalue weighted by Crippen LogP contribution is -2.12. The SMILES string of the molecule is COc1cc(O)c(F)c(C(C)CN)c1OC. The van der Waals surface area contributed by atoms with Crippen LogP contribution in [0.2, 0.25) is 0 Å². The number of hydrogen-bond acceptors (Lipinski definition) is 4. The van der Waals surface area contributed by atoms with Gasteiger partial charge >= 0.3 is 0 Å². The lowest BCUT2D eigenvalue weighted by molar-refractivity contribution is 0.337. The Balaban J connectivity index is 3.46. The minimum Gasteiger partial charge on any atom is -0.505 e. The van der Waals surface area contributed by atoms with Gasteiger partial charge in [0.25, 0.3) is 0 Å². The van der Waals surface area contributed by atoms with Crippen molar-refractivity contribution in [3.8, 4) is 17.2 Å². The van der Waals surface area contributed by atoms with E-state index in [1.807, 2.05) is 0 Å². The standard InChI is InChI=1S/C11H16FNO3/c1-6(5-13)9-10(12)7(14)4-8(15-2)11(9)16-3/h4,6,14H,5,13H2,1-3H3. The average molecular weight is 229 g/mol. The van der Waals surface area contributed by atoms with Crippen LogP contribution in [-0.2, 0) is 0 Å². The van der Waals surface area contributed by atoms with Crippen LogP contribution in [0.15, 0.2) is 6.07 Å². The molecule has 1 aromatic rings. The molecule has 0 radical (unpaired) electrons. The number of benzene rings is 1. The Kier molecular flexibility index (Phi) is 3.95. The number of halogens is 1. The molecule has 0 saturated carbocycles. The topological polar surface area (TPSA) is 64.7 Å². The zero-order chi connectivity index (χ0) is 12.3. The summed E-state index contributed by atoms with van der Waals surface area (Å²) in [6, 6.07) is 1.18. The molecule has 5 heteroatoms. The molecule has 0 aliphatic rings. The van der Waals surface area contributed by atoms with Gasteiger partial charge in [-0.1, -0.05) is 6.92 Å². The quantitative estimate of drug-likeness (QED) is 0.823. The number of hydrogen-bond donors (Lipinski definition) is 2. The van der Waals surface area contributed by atoms with Gasteiger partial charge in [-0.25, -0.2) is 4.39 Å². The predicted octanol–water partition coefficient (Wildman–Crippen LogP) is 1.61. The second-order valence-corrected chi connectivity index (χ2v) is 3.50. The minimum atomic E-state index is -0.712. The van der Waals surface area contributed by atoms with Crippen LogP contribution in [0.4, 0.5) is 4.39 Å². The molecule has 1 unspecified atom stereocenters. The van der Waals surface area contributed by atoms with Crippen LogP contribution in [0.5, 0.6) is 17.2 Å². The summed E-state index contributed by atoms with van der Waals surface area (Å²) in [5, 5.41) is 9.43. The van der Waals surface area contributed by atoms with Crippen LogP contribution >= 0.6 is 0 Å². The lowest BCUT2D eigenvalue weighted by atomic mass is 9.98. The van der Waals surface area contributed by atoms with Gasteiger partial charge in [0, 0.05) is 17.5 Å². The van der Waals surface area contributed by atoms with Crippen molar-refractivity contribution in [3.05, 3.63) is 17.4 Å². The summed E-state index contributed by atoms with van der Waals surface area (Å²) in [6.07, 6.45) is 0. The number of phenolic OH excluding ortho intramolecular Hbond substituents is 1. The maximum Gasteiger partial charge on any atom is 0.172 e. The van der Waals surface area contributed by atoms with E-state index >= 15 is 0 Å². The molecule has 0 saturated heterocycles. The molecule has 4 nitrogen and oxygen atoms in total. The van der Waals surface area contributed by atoms with Crippen LogP contribution in [0, 0.1) is 5.82 Å². The fraction of sp³-hybridized carbons (Fsp3) is 0.455. The van der Waals surface area contributed by atoms with Gasteiger partial charge in [-0.3, -0.25) is 0 Å². The van der Waals surface area contributed by atoms with Gasteiger partial charge in [0.15, 0.2) is 23.1 Å². The molecule has 1 atom stereocenters. The summed E-state index contributed by atoms with van der Waals surface area (Å²) in [7, 11) is 2.84. The zero-order valence-corrected chi connectivity index (χ0v) is 9.58. The summed E-state index contributed by atoms with van der Waals surface area (Å²) >= 11 is 0. The number of phenols is 1. The van der Waals surface area contributed by atoms with Crippen molar-refractivity contribution in [2.24, 2.45) is 5.73 Å². The molecule has 0 bridgehead atoms. The smallest absolute Gasteiger partial charge is 0.172 e. The van der Waals surface area contributed by atoms with E-state index in [-0.39, 0.29) is 29.5 Å². The van der Waals surface area contributed by atoms with Gasteiger partial charge in [0.05, 0.1) is 14.2 Å². The van der Waals surface area contributed by atoms with Crippen molar-refractivity contribution in [3.63, 3.8) is 0 Å². The second-order valence-electron chi connectivity index (χ2n) is 3.50. The Morgan fingerprint density at radius 1 is 1.44 bits per heavy atom. The zero-order valence-electron chi connectivity index (χ0n) is 9.58. The Morgan fingerprint density at radius 3 is 2.50 bits per heavy atom. The van der Waals surface area contributed by atoms with Gasteiger partial charge in [0.2, 0.25) is 0 Å². The van der Waals surface area contributed by atoms with Gasteiger partial charge in [-0.05, 0) is 6.54 Å². The third-order valence-electron chi connectivity index (χ3n) is 2.47. The highest BCUT2D eigenvalue weighted by Crippen LogP contribution is 2.41. The molecule has 90 valence electrons. The molecular weight excluding hydrogens is 213 g/mol. The fourth-order valence-corrected chi connectivity index (χ4v) is 1.54. The van der Waals surface area contributed by atoms with E-state index in [1.165, 1.54) is 20.3 Å². The first kappa shape index (κ1) is 12.6. The number of nitrogens with two attached hydrogens (primary N) is 1. The second kappa shape index (κ2) is 5.03. The lowest BCUT2D eigenvalue weighted by Gasteiger charge is -2.18. The Labute approximate surface area is 93.8 Å². The maximum atomic E-state index is 13.8. The number of methoxy groups -OCH3 is 2. The molecule has 3 N–H and O–H groups in total. The molecule has 1 rings (SSSR count). The highest BCUT2D eigenvalue weighted by molar-refractivity contribution is 5.53. The summed E-state index contributed by atoms with van der Waals surface area (Å²) in [4.78, 5) is 0. The van der Waals surface area contributed by atoms with Crippen molar-refractivity contribution in [2.45, 2.75) is 12.8 Å². The molecule has 0 fully saturated rings. The van der Waals surface area contributed by atoms with Crippen molar-refractivity contribution in [2.75, 3.05) is 20.8 Å². The average Bonchev–Trinajstić information content (AvgIpc) is 2.30. The fourth-order valence-electron chi connectivity index (χ4n) is 1.54. The first-order valence-electron chi connectivity index (χ1n) is 4.90. The normalized spacial score (nSPS) is 12.3. The van der Waals surface area contributed by atoms with Crippen molar-refractivity contribution in [1.82, 2.24) is 0 Å². The van der Waals surface area contributed by atoms with E-state index < -0.39 is 11.6 Å². The van der Waals surface area contributed by atoms with E-state index in [0.29, 0.717) is 0 Å². The third kappa shape index (κ3) is 2.04. The molecule has 0 aliphatic heterocycles. The molecule has 1 aromatic carbocycles. The van der Waals surface area contributed by atoms with Crippen LogP contribution in [-0.4, -0.2) is 25.9 Å². The van der Waals surface area contributed by atoms with Gasteiger partial charge < -0.3 is 20.3 Å². The van der Waals surface area contributed by atoms with E-state index in [2.05, 4.69) is 0 Å². The minimum absolute atomic E-state index is 0.238. The number of aromatic hydroxyl groups is 1. The van der Waals surface area contributed by atoms with E-state index in [4.69, 9.17) is 15.2 Å². The van der Waals surface area contributed by atoms with Crippen molar-refractivity contribution in [1.29, 1.82) is 0 Å². The predicted molar refractivity (Wildman–Crippen MR) is 58.6 cm³/mol. The molecule has 0 aromatic heterocycles. The molecular formula is C11H16FNO3. The van der Waals surface area contributed by atoms with Crippen molar-refractivity contribution >= 4 is 0 Å². The largest absolute Gasteiger partial charge is 0.505 e. The van der Waals surface area contributed by atoms with E-state index in [1.54, 1.807) is 6.92 Å². The maximum absolute atomic E-state index is 13.8. The summed E-state index contributed by atoms with van der Waals surface area (Å²) in [5.41, 5.74) is 5.73.